The SMILES string of the molecule is Cc1cc(Oc2ccc(N)c(C(N)=O)c2)cc(C)c1Cl. The number of rotatable bonds is 3. The molecule has 20 heavy (non-hydrogen) atoms. The van der Waals surface area contributed by atoms with E-state index in [1.54, 1.807) is 12.1 Å². The Labute approximate surface area is 122 Å². The molecule has 4 nitrogen and oxygen atoms in total. The van der Waals surface area contributed by atoms with Gasteiger partial charge in [0.1, 0.15) is 11.5 Å². The summed E-state index contributed by atoms with van der Waals surface area (Å²) in [5.74, 6) is 0.551. The second-order valence-electron chi connectivity index (χ2n) is 4.59. The Morgan fingerprint density at radius 3 is 2.25 bits per heavy atom. The third-order valence-corrected chi connectivity index (χ3v) is 3.53. The van der Waals surface area contributed by atoms with Crippen LogP contribution in [0, 0.1) is 13.8 Å². The fourth-order valence-electron chi connectivity index (χ4n) is 1.91. The van der Waals surface area contributed by atoms with Gasteiger partial charge in [0.25, 0.3) is 5.91 Å². The highest BCUT2D eigenvalue weighted by atomic mass is 35.5. The van der Waals surface area contributed by atoms with Crippen molar-refractivity contribution in [1.82, 2.24) is 0 Å². The topological polar surface area (TPSA) is 78.3 Å². The summed E-state index contributed by atoms with van der Waals surface area (Å²) in [6.07, 6.45) is 0. The normalized spacial score (nSPS) is 10.3. The first kappa shape index (κ1) is 14.2. The lowest BCUT2D eigenvalue weighted by Crippen LogP contribution is -2.13. The first-order valence-corrected chi connectivity index (χ1v) is 6.40. The number of benzene rings is 2. The maximum atomic E-state index is 11.2. The van der Waals surface area contributed by atoms with Gasteiger partial charge in [-0.15, -0.1) is 0 Å². The summed E-state index contributed by atoms with van der Waals surface area (Å²) in [6, 6.07) is 8.45. The number of aryl methyl sites for hydroxylation is 2. The molecule has 0 heterocycles. The number of primary amides is 1. The monoisotopic (exact) mass is 290 g/mol. The molecule has 2 aromatic carbocycles. The first-order chi connectivity index (χ1) is 9.38. The van der Waals surface area contributed by atoms with Crippen LogP contribution in [-0.4, -0.2) is 5.91 Å². The third kappa shape index (κ3) is 2.86. The van der Waals surface area contributed by atoms with Crippen LogP contribution in [0.5, 0.6) is 11.5 Å². The van der Waals surface area contributed by atoms with Crippen molar-refractivity contribution < 1.29 is 9.53 Å². The summed E-state index contributed by atoms with van der Waals surface area (Å²) < 4.78 is 5.72. The Morgan fingerprint density at radius 1 is 1.10 bits per heavy atom. The van der Waals surface area contributed by atoms with Gasteiger partial charge in [-0.2, -0.15) is 0 Å². The van der Waals surface area contributed by atoms with E-state index in [-0.39, 0.29) is 5.56 Å². The van der Waals surface area contributed by atoms with Crippen molar-refractivity contribution in [3.05, 3.63) is 52.0 Å². The molecule has 4 N–H and O–H groups in total. The highest BCUT2D eigenvalue weighted by Gasteiger charge is 2.09. The molecule has 5 heteroatoms. The molecule has 0 aliphatic rings. The van der Waals surface area contributed by atoms with Crippen molar-refractivity contribution in [2.75, 3.05) is 5.73 Å². The lowest BCUT2D eigenvalue weighted by molar-refractivity contribution is 0.100. The first-order valence-electron chi connectivity index (χ1n) is 6.02. The number of carbonyl (C=O) groups excluding carboxylic acids is 1. The molecule has 0 aromatic heterocycles. The van der Waals surface area contributed by atoms with Gasteiger partial charge in [-0.05, 0) is 55.3 Å². The van der Waals surface area contributed by atoms with E-state index >= 15 is 0 Å². The summed E-state index contributed by atoms with van der Waals surface area (Å²) in [7, 11) is 0. The molecule has 0 spiro atoms. The standard InChI is InChI=1S/C15H15ClN2O2/c1-8-5-11(6-9(2)14(8)16)20-10-3-4-13(17)12(7-10)15(18)19/h3-7H,17H2,1-2H3,(H2,18,19). The van der Waals surface area contributed by atoms with E-state index in [0.717, 1.165) is 11.1 Å². The maximum absolute atomic E-state index is 11.2. The Balaban J connectivity index is 2.35. The van der Waals surface area contributed by atoms with Gasteiger partial charge in [-0.3, -0.25) is 4.79 Å². The second kappa shape index (κ2) is 5.43. The Bertz CT molecular complexity index is 661. The average molecular weight is 291 g/mol. The Morgan fingerprint density at radius 2 is 1.70 bits per heavy atom. The van der Waals surface area contributed by atoms with Gasteiger partial charge in [-0.1, -0.05) is 11.6 Å². The average Bonchev–Trinajstić information content (AvgIpc) is 2.38. The van der Waals surface area contributed by atoms with Crippen LogP contribution in [0.1, 0.15) is 21.5 Å². The second-order valence-corrected chi connectivity index (χ2v) is 4.96. The van der Waals surface area contributed by atoms with Crippen LogP contribution in [0.15, 0.2) is 30.3 Å². The zero-order chi connectivity index (χ0) is 14.9. The van der Waals surface area contributed by atoms with Crippen LogP contribution in [0.2, 0.25) is 5.02 Å². The van der Waals surface area contributed by atoms with Crippen molar-refractivity contribution in [1.29, 1.82) is 0 Å². The van der Waals surface area contributed by atoms with Gasteiger partial charge in [0, 0.05) is 10.7 Å². The number of hydrogen-bond acceptors (Lipinski definition) is 3. The van der Waals surface area contributed by atoms with E-state index in [9.17, 15) is 4.79 Å². The van der Waals surface area contributed by atoms with Crippen molar-refractivity contribution in [3.8, 4) is 11.5 Å². The third-order valence-electron chi connectivity index (χ3n) is 2.94. The van der Waals surface area contributed by atoms with Crippen LogP contribution < -0.4 is 16.2 Å². The quantitative estimate of drug-likeness (QED) is 0.850. The fourth-order valence-corrected chi connectivity index (χ4v) is 2.02. The van der Waals surface area contributed by atoms with E-state index in [2.05, 4.69) is 0 Å². The molecule has 0 fully saturated rings. The van der Waals surface area contributed by atoms with E-state index in [1.165, 1.54) is 6.07 Å². The number of amides is 1. The molecule has 2 rings (SSSR count). The van der Waals surface area contributed by atoms with Gasteiger partial charge in [-0.25, -0.2) is 0 Å². The fraction of sp³-hybridized carbons (Fsp3) is 0.133. The highest BCUT2D eigenvalue weighted by molar-refractivity contribution is 6.32. The number of halogens is 1. The number of anilines is 1. The molecule has 0 aliphatic heterocycles. The number of nitrogens with two attached hydrogens (primary N) is 2. The summed E-state index contributed by atoms with van der Waals surface area (Å²) in [5, 5.41) is 0.715. The number of carbonyl (C=O) groups is 1. The molecule has 1 amide bonds. The van der Waals surface area contributed by atoms with Crippen molar-refractivity contribution in [2.24, 2.45) is 5.73 Å². The molecule has 0 atom stereocenters. The van der Waals surface area contributed by atoms with Gasteiger partial charge in [0.15, 0.2) is 0 Å². The molecule has 0 saturated heterocycles. The summed E-state index contributed by atoms with van der Waals surface area (Å²) in [4.78, 5) is 11.2. The van der Waals surface area contributed by atoms with Gasteiger partial charge in [0.2, 0.25) is 0 Å². The largest absolute Gasteiger partial charge is 0.457 e. The molecule has 0 aliphatic carbocycles. The minimum absolute atomic E-state index is 0.241. The maximum Gasteiger partial charge on any atom is 0.250 e. The van der Waals surface area contributed by atoms with Crippen molar-refractivity contribution >= 4 is 23.2 Å². The zero-order valence-electron chi connectivity index (χ0n) is 11.2. The van der Waals surface area contributed by atoms with Crippen LogP contribution in [-0.2, 0) is 0 Å². The Hall–Kier alpha value is -2.20. The van der Waals surface area contributed by atoms with Gasteiger partial charge < -0.3 is 16.2 Å². The number of ether oxygens (including phenoxy) is 1. The van der Waals surface area contributed by atoms with E-state index < -0.39 is 5.91 Å². The zero-order valence-corrected chi connectivity index (χ0v) is 12.0. The summed E-state index contributed by atoms with van der Waals surface area (Å²) in [5.41, 5.74) is 13.3. The molecule has 0 bridgehead atoms. The van der Waals surface area contributed by atoms with Crippen LogP contribution in [0.4, 0.5) is 5.69 Å². The highest BCUT2D eigenvalue weighted by Crippen LogP contribution is 2.30. The number of hydrogen-bond donors (Lipinski definition) is 2. The molecular weight excluding hydrogens is 276 g/mol. The Kier molecular flexibility index (Phi) is 3.86. The molecule has 2 aromatic rings. The lowest BCUT2D eigenvalue weighted by atomic mass is 10.1. The molecular formula is C15H15ClN2O2. The smallest absolute Gasteiger partial charge is 0.250 e. The van der Waals surface area contributed by atoms with Crippen LogP contribution in [0.25, 0.3) is 0 Å². The van der Waals surface area contributed by atoms with Crippen LogP contribution in [0.3, 0.4) is 0 Å². The van der Waals surface area contributed by atoms with Crippen LogP contribution >= 0.6 is 11.6 Å². The van der Waals surface area contributed by atoms with E-state index in [0.29, 0.717) is 22.2 Å². The van der Waals surface area contributed by atoms with Crippen molar-refractivity contribution in [3.63, 3.8) is 0 Å². The summed E-state index contributed by atoms with van der Waals surface area (Å²) in [6.45, 7) is 3.81. The van der Waals surface area contributed by atoms with E-state index in [4.69, 9.17) is 27.8 Å². The molecule has 104 valence electrons. The predicted octanol–water partition coefficient (Wildman–Crippen LogP) is 3.43. The van der Waals surface area contributed by atoms with Gasteiger partial charge >= 0.3 is 0 Å². The predicted molar refractivity (Wildman–Crippen MR) is 80.4 cm³/mol. The minimum atomic E-state index is -0.587. The lowest BCUT2D eigenvalue weighted by Gasteiger charge is -2.11. The van der Waals surface area contributed by atoms with E-state index in [1.807, 2.05) is 26.0 Å². The molecule has 0 radical (unpaired) electrons. The van der Waals surface area contributed by atoms with Crippen molar-refractivity contribution in [2.45, 2.75) is 13.8 Å². The summed E-state index contributed by atoms with van der Waals surface area (Å²) >= 11 is 6.11. The number of nitrogen functional groups attached to an aromatic ring is 1. The molecule has 0 saturated carbocycles. The minimum Gasteiger partial charge on any atom is -0.457 e. The molecule has 0 unspecified atom stereocenters. The van der Waals surface area contributed by atoms with Gasteiger partial charge in [0.05, 0.1) is 5.56 Å².